The number of hydrogen-bond acceptors (Lipinski definition) is 2. The van der Waals surface area contributed by atoms with Gasteiger partial charge in [-0.2, -0.15) is 0 Å². The molecule has 3 aromatic rings. The Kier molecular flexibility index (Phi) is 4.98. The third-order valence-electron chi connectivity index (χ3n) is 5.53. The summed E-state index contributed by atoms with van der Waals surface area (Å²) in [4.78, 5) is 10.7. The summed E-state index contributed by atoms with van der Waals surface area (Å²) in [5, 5.41) is 18.7. The van der Waals surface area contributed by atoms with E-state index in [0.29, 0.717) is 11.7 Å². The van der Waals surface area contributed by atoms with Crippen LogP contribution in [0.2, 0.25) is 0 Å². The molecule has 2 unspecified atom stereocenters. The SMILES string of the molecule is O=C(O)/C=C/c1ccc(C2c3ccc(O)cc3CCC2c2ccccc2)cc1. The lowest BCUT2D eigenvalue weighted by molar-refractivity contribution is -0.131. The van der Waals surface area contributed by atoms with Crippen LogP contribution in [0.1, 0.15) is 46.1 Å². The summed E-state index contributed by atoms with van der Waals surface area (Å²) >= 11 is 0. The Hall–Kier alpha value is -3.33. The molecule has 28 heavy (non-hydrogen) atoms. The maximum absolute atomic E-state index is 10.7. The van der Waals surface area contributed by atoms with Crippen LogP contribution in [-0.4, -0.2) is 16.2 Å². The standard InChI is InChI=1S/C25H22O3/c26-21-12-14-23-20(16-21)11-13-22(18-4-2-1-3-5-18)25(23)19-9-6-17(7-10-19)8-15-24(27)28/h1-10,12,14-16,22,25-26H,11,13H2,(H,27,28)/b15-8+. The van der Waals surface area contributed by atoms with E-state index in [-0.39, 0.29) is 5.92 Å². The van der Waals surface area contributed by atoms with E-state index in [4.69, 9.17) is 5.11 Å². The fourth-order valence-corrected chi connectivity index (χ4v) is 4.26. The number of phenolic OH excluding ortho intramolecular Hbond substituents is 1. The average molecular weight is 370 g/mol. The number of carbonyl (C=O) groups is 1. The van der Waals surface area contributed by atoms with E-state index in [1.165, 1.54) is 22.3 Å². The van der Waals surface area contributed by atoms with Gasteiger partial charge in [0.05, 0.1) is 0 Å². The van der Waals surface area contributed by atoms with Crippen LogP contribution in [0.5, 0.6) is 5.75 Å². The van der Waals surface area contributed by atoms with Gasteiger partial charge in [-0.1, -0.05) is 60.7 Å². The van der Waals surface area contributed by atoms with Gasteiger partial charge in [0.15, 0.2) is 0 Å². The molecular weight excluding hydrogens is 348 g/mol. The third kappa shape index (κ3) is 3.70. The molecule has 3 aromatic carbocycles. The Bertz CT molecular complexity index is 1000. The van der Waals surface area contributed by atoms with E-state index in [9.17, 15) is 9.90 Å². The number of rotatable bonds is 4. The molecule has 0 amide bonds. The number of aliphatic carboxylic acids is 1. The molecule has 1 aliphatic rings. The first kappa shape index (κ1) is 18.1. The number of fused-ring (bicyclic) bond motifs is 1. The lowest BCUT2D eigenvalue weighted by Crippen LogP contribution is -2.20. The fraction of sp³-hybridized carbons (Fsp3) is 0.160. The van der Waals surface area contributed by atoms with Crippen LogP contribution < -0.4 is 0 Å². The van der Waals surface area contributed by atoms with Gasteiger partial charge in [-0.3, -0.25) is 0 Å². The average Bonchev–Trinajstić information content (AvgIpc) is 2.72. The lowest BCUT2D eigenvalue weighted by Gasteiger charge is -2.34. The van der Waals surface area contributed by atoms with Gasteiger partial charge in [-0.25, -0.2) is 4.79 Å². The van der Waals surface area contributed by atoms with Crippen molar-refractivity contribution in [1.29, 1.82) is 0 Å². The molecule has 0 radical (unpaired) electrons. The summed E-state index contributed by atoms with van der Waals surface area (Å²) in [6, 6.07) is 24.4. The highest BCUT2D eigenvalue weighted by molar-refractivity contribution is 5.85. The zero-order chi connectivity index (χ0) is 19.5. The Morgan fingerprint density at radius 2 is 1.68 bits per heavy atom. The highest BCUT2D eigenvalue weighted by Gasteiger charge is 2.32. The molecule has 0 bridgehead atoms. The molecule has 0 saturated carbocycles. The van der Waals surface area contributed by atoms with Crippen molar-refractivity contribution in [3.8, 4) is 5.75 Å². The molecule has 0 aromatic heterocycles. The first-order chi connectivity index (χ1) is 13.6. The van der Waals surface area contributed by atoms with Crippen LogP contribution in [0.15, 0.2) is 78.9 Å². The summed E-state index contributed by atoms with van der Waals surface area (Å²) in [6.45, 7) is 0. The van der Waals surface area contributed by atoms with Gasteiger partial charge >= 0.3 is 5.97 Å². The smallest absolute Gasteiger partial charge is 0.328 e. The number of carboxylic acid groups (broad SMARTS) is 1. The maximum Gasteiger partial charge on any atom is 0.328 e. The Balaban J connectivity index is 1.76. The minimum absolute atomic E-state index is 0.198. The summed E-state index contributed by atoms with van der Waals surface area (Å²) < 4.78 is 0. The van der Waals surface area contributed by atoms with Crippen molar-refractivity contribution in [3.63, 3.8) is 0 Å². The van der Waals surface area contributed by atoms with Crippen molar-refractivity contribution in [2.24, 2.45) is 0 Å². The summed E-state index contributed by atoms with van der Waals surface area (Å²) in [5.74, 6) is -0.0815. The van der Waals surface area contributed by atoms with Crippen LogP contribution in [-0.2, 0) is 11.2 Å². The Morgan fingerprint density at radius 3 is 2.39 bits per heavy atom. The Morgan fingerprint density at radius 1 is 0.929 bits per heavy atom. The lowest BCUT2D eigenvalue weighted by atomic mass is 9.69. The van der Waals surface area contributed by atoms with Gasteiger partial charge in [0.25, 0.3) is 0 Å². The predicted octanol–water partition coefficient (Wildman–Crippen LogP) is 5.35. The van der Waals surface area contributed by atoms with Crippen molar-refractivity contribution in [3.05, 3.63) is 107 Å². The molecule has 1 aliphatic carbocycles. The molecule has 0 spiro atoms. The molecule has 0 aliphatic heterocycles. The zero-order valence-corrected chi connectivity index (χ0v) is 15.5. The van der Waals surface area contributed by atoms with Gasteiger partial charge < -0.3 is 10.2 Å². The molecule has 0 fully saturated rings. The van der Waals surface area contributed by atoms with Crippen molar-refractivity contribution in [1.82, 2.24) is 0 Å². The maximum atomic E-state index is 10.7. The molecule has 0 heterocycles. The van der Waals surface area contributed by atoms with E-state index >= 15 is 0 Å². The van der Waals surface area contributed by atoms with Gasteiger partial charge in [-0.15, -0.1) is 0 Å². The van der Waals surface area contributed by atoms with Crippen LogP contribution >= 0.6 is 0 Å². The molecular formula is C25H22O3. The van der Waals surface area contributed by atoms with E-state index in [1.807, 2.05) is 30.3 Å². The number of aromatic hydroxyl groups is 1. The highest BCUT2D eigenvalue weighted by atomic mass is 16.4. The Labute approximate surface area is 164 Å². The number of carboxylic acids is 1. The number of benzene rings is 3. The summed E-state index contributed by atoms with van der Waals surface area (Å²) in [6.07, 6.45) is 4.72. The second-order valence-corrected chi connectivity index (χ2v) is 7.25. The van der Waals surface area contributed by atoms with Gasteiger partial charge in [0, 0.05) is 12.0 Å². The number of phenols is 1. The third-order valence-corrected chi connectivity index (χ3v) is 5.53. The topological polar surface area (TPSA) is 57.5 Å². The molecule has 4 rings (SSSR count). The minimum atomic E-state index is -0.950. The van der Waals surface area contributed by atoms with Crippen LogP contribution in [0, 0.1) is 0 Å². The van der Waals surface area contributed by atoms with Gasteiger partial charge in [0.2, 0.25) is 0 Å². The second kappa shape index (κ2) is 7.73. The normalized spacial score (nSPS) is 18.7. The van der Waals surface area contributed by atoms with Gasteiger partial charge in [0.1, 0.15) is 5.75 Å². The monoisotopic (exact) mass is 370 g/mol. The zero-order valence-electron chi connectivity index (χ0n) is 15.5. The molecule has 2 atom stereocenters. The molecule has 3 heteroatoms. The summed E-state index contributed by atoms with van der Waals surface area (Å²) in [5.41, 5.74) is 5.84. The van der Waals surface area contributed by atoms with E-state index < -0.39 is 5.97 Å². The van der Waals surface area contributed by atoms with Crippen molar-refractivity contribution >= 4 is 12.0 Å². The van der Waals surface area contributed by atoms with Crippen molar-refractivity contribution in [2.45, 2.75) is 24.7 Å². The number of aryl methyl sites for hydroxylation is 1. The molecule has 140 valence electrons. The summed E-state index contributed by atoms with van der Waals surface area (Å²) in [7, 11) is 0. The first-order valence-electron chi connectivity index (χ1n) is 9.49. The number of hydrogen-bond donors (Lipinski definition) is 2. The first-order valence-corrected chi connectivity index (χ1v) is 9.49. The van der Waals surface area contributed by atoms with Crippen LogP contribution in [0.25, 0.3) is 6.08 Å². The predicted molar refractivity (Wildman–Crippen MR) is 111 cm³/mol. The largest absolute Gasteiger partial charge is 0.508 e. The van der Waals surface area contributed by atoms with E-state index in [1.54, 1.807) is 12.1 Å². The van der Waals surface area contributed by atoms with E-state index in [0.717, 1.165) is 24.5 Å². The molecule has 0 saturated heterocycles. The van der Waals surface area contributed by atoms with Crippen molar-refractivity contribution in [2.75, 3.05) is 0 Å². The van der Waals surface area contributed by atoms with E-state index in [2.05, 4.69) is 36.4 Å². The van der Waals surface area contributed by atoms with Gasteiger partial charge in [-0.05, 0) is 64.8 Å². The molecule has 3 nitrogen and oxygen atoms in total. The highest BCUT2D eigenvalue weighted by Crippen LogP contribution is 2.46. The quantitative estimate of drug-likeness (QED) is 0.609. The molecule has 2 N–H and O–H groups in total. The second-order valence-electron chi connectivity index (χ2n) is 7.25. The van der Waals surface area contributed by atoms with Crippen LogP contribution in [0.4, 0.5) is 0 Å². The minimum Gasteiger partial charge on any atom is -0.508 e. The van der Waals surface area contributed by atoms with Crippen LogP contribution in [0.3, 0.4) is 0 Å². The van der Waals surface area contributed by atoms with Crippen molar-refractivity contribution < 1.29 is 15.0 Å². The fourth-order valence-electron chi connectivity index (χ4n) is 4.26.